The standard InChI is InChI=1S/C13H19FO3/c1-9(2)16-6-7-17-13-5-4-11(14)8-12(13)10(3)15/h4-5,8-10,15H,6-7H2,1-3H3/t10-/m0/s1. The lowest BCUT2D eigenvalue weighted by molar-refractivity contribution is 0.0543. The van der Waals surface area contributed by atoms with Crippen LogP contribution in [0.1, 0.15) is 32.4 Å². The normalized spacial score (nSPS) is 12.8. The fourth-order valence-corrected chi connectivity index (χ4v) is 1.41. The van der Waals surface area contributed by atoms with Crippen molar-refractivity contribution in [2.24, 2.45) is 0 Å². The minimum absolute atomic E-state index is 0.156. The van der Waals surface area contributed by atoms with Gasteiger partial charge in [-0.1, -0.05) is 0 Å². The summed E-state index contributed by atoms with van der Waals surface area (Å²) in [6, 6.07) is 4.11. The molecule has 0 aliphatic rings. The molecule has 0 radical (unpaired) electrons. The molecule has 3 nitrogen and oxygen atoms in total. The van der Waals surface area contributed by atoms with Crippen LogP contribution >= 0.6 is 0 Å². The zero-order valence-electron chi connectivity index (χ0n) is 10.4. The van der Waals surface area contributed by atoms with Crippen LogP contribution in [0.4, 0.5) is 4.39 Å². The molecule has 0 fully saturated rings. The highest BCUT2D eigenvalue weighted by atomic mass is 19.1. The van der Waals surface area contributed by atoms with E-state index in [4.69, 9.17) is 9.47 Å². The van der Waals surface area contributed by atoms with E-state index in [1.165, 1.54) is 18.2 Å². The van der Waals surface area contributed by atoms with Gasteiger partial charge in [-0.05, 0) is 39.0 Å². The van der Waals surface area contributed by atoms with Gasteiger partial charge in [0.1, 0.15) is 18.2 Å². The van der Waals surface area contributed by atoms with E-state index in [-0.39, 0.29) is 11.9 Å². The Balaban J connectivity index is 2.58. The molecule has 1 aromatic rings. The molecule has 1 rings (SSSR count). The Labute approximate surface area is 101 Å². The highest BCUT2D eigenvalue weighted by Crippen LogP contribution is 2.25. The van der Waals surface area contributed by atoms with Crippen molar-refractivity contribution in [2.75, 3.05) is 13.2 Å². The van der Waals surface area contributed by atoms with Crippen molar-refractivity contribution in [1.82, 2.24) is 0 Å². The first-order valence-corrected chi connectivity index (χ1v) is 5.72. The van der Waals surface area contributed by atoms with Gasteiger partial charge < -0.3 is 14.6 Å². The van der Waals surface area contributed by atoms with Crippen molar-refractivity contribution in [3.05, 3.63) is 29.6 Å². The second-order valence-corrected chi connectivity index (χ2v) is 4.13. The van der Waals surface area contributed by atoms with Crippen LogP contribution < -0.4 is 4.74 Å². The molecule has 0 heterocycles. The number of aliphatic hydroxyl groups is 1. The molecular weight excluding hydrogens is 223 g/mol. The number of benzene rings is 1. The van der Waals surface area contributed by atoms with Crippen molar-refractivity contribution < 1.29 is 19.0 Å². The van der Waals surface area contributed by atoms with Crippen LogP contribution in [0.3, 0.4) is 0 Å². The van der Waals surface area contributed by atoms with Gasteiger partial charge in [-0.2, -0.15) is 0 Å². The molecule has 1 aromatic carbocycles. The van der Waals surface area contributed by atoms with Gasteiger partial charge in [-0.3, -0.25) is 0 Å². The summed E-state index contributed by atoms with van der Waals surface area (Å²) in [5.41, 5.74) is 0.453. The molecule has 1 atom stereocenters. The summed E-state index contributed by atoms with van der Waals surface area (Å²) in [6.45, 7) is 6.31. The molecule has 1 N–H and O–H groups in total. The monoisotopic (exact) mass is 242 g/mol. The van der Waals surface area contributed by atoms with Crippen molar-refractivity contribution in [3.8, 4) is 5.75 Å². The van der Waals surface area contributed by atoms with E-state index in [9.17, 15) is 9.50 Å². The van der Waals surface area contributed by atoms with Gasteiger partial charge in [0.05, 0.1) is 18.8 Å². The van der Waals surface area contributed by atoms with Crippen LogP contribution in [0.25, 0.3) is 0 Å². The third-order valence-electron chi connectivity index (χ3n) is 2.21. The summed E-state index contributed by atoms with van der Waals surface area (Å²) >= 11 is 0. The Morgan fingerprint density at radius 3 is 2.53 bits per heavy atom. The van der Waals surface area contributed by atoms with Crippen LogP contribution in [0, 0.1) is 5.82 Å². The van der Waals surface area contributed by atoms with Gasteiger partial charge in [0.2, 0.25) is 0 Å². The highest BCUT2D eigenvalue weighted by molar-refractivity contribution is 5.35. The quantitative estimate of drug-likeness (QED) is 0.779. The molecule has 0 bridgehead atoms. The molecule has 17 heavy (non-hydrogen) atoms. The summed E-state index contributed by atoms with van der Waals surface area (Å²) in [7, 11) is 0. The lowest BCUT2D eigenvalue weighted by Gasteiger charge is -2.14. The summed E-state index contributed by atoms with van der Waals surface area (Å²) in [5, 5.41) is 9.50. The Hall–Kier alpha value is -1.13. The van der Waals surface area contributed by atoms with Crippen LogP contribution in [-0.4, -0.2) is 24.4 Å². The number of hydrogen-bond donors (Lipinski definition) is 1. The van der Waals surface area contributed by atoms with E-state index < -0.39 is 6.10 Å². The minimum Gasteiger partial charge on any atom is -0.491 e. The van der Waals surface area contributed by atoms with Gasteiger partial charge in [0.15, 0.2) is 0 Å². The maximum atomic E-state index is 13.0. The Morgan fingerprint density at radius 1 is 1.24 bits per heavy atom. The molecule has 0 amide bonds. The Morgan fingerprint density at radius 2 is 1.94 bits per heavy atom. The predicted molar refractivity (Wildman–Crippen MR) is 63.6 cm³/mol. The first-order valence-electron chi connectivity index (χ1n) is 5.72. The van der Waals surface area contributed by atoms with Crippen LogP contribution in [0.2, 0.25) is 0 Å². The number of aliphatic hydroxyl groups excluding tert-OH is 1. The maximum Gasteiger partial charge on any atom is 0.125 e. The highest BCUT2D eigenvalue weighted by Gasteiger charge is 2.10. The summed E-state index contributed by atoms with van der Waals surface area (Å²) in [5.74, 6) is 0.112. The van der Waals surface area contributed by atoms with Crippen molar-refractivity contribution in [2.45, 2.75) is 33.0 Å². The van der Waals surface area contributed by atoms with Crippen LogP contribution in [-0.2, 0) is 4.74 Å². The average Bonchev–Trinajstić information content (AvgIpc) is 2.25. The molecule has 0 aliphatic heterocycles. The third-order valence-corrected chi connectivity index (χ3v) is 2.21. The number of rotatable bonds is 6. The maximum absolute atomic E-state index is 13.0. The van der Waals surface area contributed by atoms with Gasteiger partial charge in [-0.25, -0.2) is 4.39 Å². The second kappa shape index (κ2) is 6.57. The first kappa shape index (κ1) is 13.9. The van der Waals surface area contributed by atoms with E-state index in [2.05, 4.69) is 0 Å². The molecule has 0 unspecified atom stereocenters. The van der Waals surface area contributed by atoms with E-state index >= 15 is 0 Å². The second-order valence-electron chi connectivity index (χ2n) is 4.13. The molecule has 96 valence electrons. The topological polar surface area (TPSA) is 38.7 Å². The SMILES string of the molecule is CC(C)OCCOc1ccc(F)cc1[C@H](C)O. The number of ether oxygens (including phenoxy) is 2. The van der Waals surface area contributed by atoms with Crippen molar-refractivity contribution >= 4 is 0 Å². The predicted octanol–water partition coefficient (Wildman–Crippen LogP) is 2.68. The van der Waals surface area contributed by atoms with Crippen molar-refractivity contribution in [1.29, 1.82) is 0 Å². The van der Waals surface area contributed by atoms with Crippen LogP contribution in [0.5, 0.6) is 5.75 Å². The lowest BCUT2D eigenvalue weighted by Crippen LogP contribution is -2.12. The smallest absolute Gasteiger partial charge is 0.125 e. The molecular formula is C13H19FO3. The summed E-state index contributed by atoms with van der Waals surface area (Å²) in [4.78, 5) is 0. The minimum atomic E-state index is -0.758. The first-order chi connectivity index (χ1) is 8.00. The molecule has 0 saturated carbocycles. The summed E-state index contributed by atoms with van der Waals surface area (Å²) in [6.07, 6.45) is -0.602. The van der Waals surface area contributed by atoms with E-state index in [1.807, 2.05) is 13.8 Å². The fraction of sp³-hybridized carbons (Fsp3) is 0.538. The van der Waals surface area contributed by atoms with Crippen LogP contribution in [0.15, 0.2) is 18.2 Å². The zero-order chi connectivity index (χ0) is 12.8. The van der Waals surface area contributed by atoms with E-state index in [0.717, 1.165) is 0 Å². The fourth-order valence-electron chi connectivity index (χ4n) is 1.41. The number of halogens is 1. The van der Waals surface area contributed by atoms with Crippen molar-refractivity contribution in [3.63, 3.8) is 0 Å². The molecule has 4 heteroatoms. The molecule has 0 spiro atoms. The molecule has 0 aromatic heterocycles. The Kier molecular flexibility index (Phi) is 5.38. The Bertz CT molecular complexity index is 351. The lowest BCUT2D eigenvalue weighted by atomic mass is 10.1. The van der Waals surface area contributed by atoms with Gasteiger partial charge in [0, 0.05) is 5.56 Å². The molecule has 0 aliphatic carbocycles. The zero-order valence-corrected chi connectivity index (χ0v) is 10.4. The van der Waals surface area contributed by atoms with E-state index in [1.54, 1.807) is 6.92 Å². The average molecular weight is 242 g/mol. The van der Waals surface area contributed by atoms with E-state index in [0.29, 0.717) is 24.5 Å². The van der Waals surface area contributed by atoms with Gasteiger partial charge in [0.25, 0.3) is 0 Å². The molecule has 0 saturated heterocycles. The largest absolute Gasteiger partial charge is 0.491 e. The number of hydrogen-bond acceptors (Lipinski definition) is 3. The third kappa shape index (κ3) is 4.71. The van der Waals surface area contributed by atoms with Gasteiger partial charge in [-0.15, -0.1) is 0 Å². The van der Waals surface area contributed by atoms with Gasteiger partial charge >= 0.3 is 0 Å². The summed E-state index contributed by atoms with van der Waals surface area (Å²) < 4.78 is 23.8.